The van der Waals surface area contributed by atoms with Crippen molar-refractivity contribution in [1.29, 1.82) is 0 Å². The van der Waals surface area contributed by atoms with Gasteiger partial charge in [0.15, 0.2) is 5.13 Å². The zero-order valence-corrected chi connectivity index (χ0v) is 17.3. The predicted octanol–water partition coefficient (Wildman–Crippen LogP) is 4.52. The number of hydrogen-bond acceptors (Lipinski definition) is 4. The van der Waals surface area contributed by atoms with Gasteiger partial charge in [0, 0.05) is 29.4 Å². The molecule has 1 saturated carbocycles. The Balaban J connectivity index is 1.47. The number of aromatic nitrogens is 1. The first-order valence-electron chi connectivity index (χ1n) is 10.2. The van der Waals surface area contributed by atoms with Crippen molar-refractivity contribution in [3.8, 4) is 11.3 Å². The fourth-order valence-electron chi connectivity index (χ4n) is 3.77. The molecular formula is C22H27N3O2S. The summed E-state index contributed by atoms with van der Waals surface area (Å²) >= 11 is 1.55. The fraction of sp³-hybridized carbons (Fsp3) is 0.500. The maximum atomic E-state index is 12.9. The number of hydrogen-bond donors (Lipinski definition) is 1. The second-order valence-corrected chi connectivity index (χ2v) is 9.17. The van der Waals surface area contributed by atoms with E-state index in [1.165, 1.54) is 4.88 Å². The van der Waals surface area contributed by atoms with Crippen molar-refractivity contribution in [2.45, 2.75) is 45.4 Å². The van der Waals surface area contributed by atoms with Gasteiger partial charge in [-0.15, -0.1) is 11.3 Å². The van der Waals surface area contributed by atoms with Crippen LogP contribution in [0, 0.1) is 11.8 Å². The van der Waals surface area contributed by atoms with Crippen molar-refractivity contribution < 1.29 is 9.59 Å². The second-order valence-electron chi connectivity index (χ2n) is 8.14. The van der Waals surface area contributed by atoms with Crippen molar-refractivity contribution in [2.24, 2.45) is 11.8 Å². The van der Waals surface area contributed by atoms with E-state index in [-0.39, 0.29) is 23.7 Å². The predicted molar refractivity (Wildman–Crippen MR) is 112 cm³/mol. The summed E-state index contributed by atoms with van der Waals surface area (Å²) in [4.78, 5) is 33.0. The average molecular weight is 398 g/mol. The molecule has 1 aromatic carbocycles. The van der Waals surface area contributed by atoms with E-state index in [9.17, 15) is 9.59 Å². The summed E-state index contributed by atoms with van der Waals surface area (Å²) in [7, 11) is 0. The second kappa shape index (κ2) is 8.03. The van der Waals surface area contributed by atoms with Crippen LogP contribution < -0.4 is 5.32 Å². The SMILES string of the molecule is CC(C)c1sc(NC(=O)C2CCCN(C(=O)C3CC3)C2)nc1-c1ccccc1. The lowest BCUT2D eigenvalue weighted by Crippen LogP contribution is -2.44. The van der Waals surface area contributed by atoms with Crippen LogP contribution in [-0.2, 0) is 9.59 Å². The molecule has 0 spiro atoms. The highest BCUT2D eigenvalue weighted by Crippen LogP contribution is 2.37. The monoisotopic (exact) mass is 397 g/mol. The smallest absolute Gasteiger partial charge is 0.231 e. The van der Waals surface area contributed by atoms with Gasteiger partial charge >= 0.3 is 0 Å². The van der Waals surface area contributed by atoms with E-state index in [0.29, 0.717) is 17.6 Å². The molecule has 4 rings (SSSR count). The van der Waals surface area contributed by atoms with Crippen LogP contribution in [0.25, 0.3) is 11.3 Å². The van der Waals surface area contributed by atoms with E-state index in [1.54, 1.807) is 11.3 Å². The number of thiazole rings is 1. The van der Waals surface area contributed by atoms with Gasteiger partial charge in [-0.1, -0.05) is 44.2 Å². The number of piperidine rings is 1. The number of nitrogens with one attached hydrogen (secondary N) is 1. The molecule has 2 amide bonds. The van der Waals surface area contributed by atoms with Gasteiger partial charge in [-0.2, -0.15) is 0 Å². The lowest BCUT2D eigenvalue weighted by atomic mass is 9.97. The molecule has 2 aromatic rings. The Hall–Kier alpha value is -2.21. The molecule has 1 aromatic heterocycles. The number of benzene rings is 1. The first-order chi connectivity index (χ1) is 13.5. The minimum absolute atomic E-state index is 0.0167. The lowest BCUT2D eigenvalue weighted by Gasteiger charge is -2.32. The van der Waals surface area contributed by atoms with Crippen molar-refractivity contribution in [2.75, 3.05) is 18.4 Å². The third-order valence-corrected chi connectivity index (χ3v) is 6.76. The standard InChI is InChI=1S/C22H27N3O2S/c1-14(2)19-18(15-7-4-3-5-8-15)23-22(28-19)24-20(26)17-9-6-12-25(13-17)21(27)16-10-11-16/h3-5,7-8,14,16-17H,6,9-13H2,1-2H3,(H,23,24,26). The molecule has 1 saturated heterocycles. The molecule has 1 unspecified atom stereocenters. The van der Waals surface area contributed by atoms with Crippen LogP contribution in [0.3, 0.4) is 0 Å². The minimum Gasteiger partial charge on any atom is -0.342 e. The van der Waals surface area contributed by atoms with E-state index in [1.807, 2.05) is 23.1 Å². The van der Waals surface area contributed by atoms with Crippen LogP contribution in [0.4, 0.5) is 5.13 Å². The number of nitrogens with zero attached hydrogens (tertiary/aromatic N) is 2. The Morgan fingerprint density at radius 1 is 1.14 bits per heavy atom. The van der Waals surface area contributed by atoms with E-state index in [2.05, 4.69) is 31.3 Å². The Morgan fingerprint density at radius 3 is 2.57 bits per heavy atom. The summed E-state index contributed by atoms with van der Waals surface area (Å²) in [6, 6.07) is 10.1. The molecule has 6 heteroatoms. The molecule has 1 aliphatic heterocycles. The third-order valence-electron chi connectivity index (χ3n) is 5.49. The first kappa shape index (κ1) is 19.1. The normalized spacial score (nSPS) is 19.7. The van der Waals surface area contributed by atoms with E-state index in [0.717, 1.165) is 43.5 Å². The summed E-state index contributed by atoms with van der Waals surface area (Å²) < 4.78 is 0. The number of amides is 2. The van der Waals surface area contributed by atoms with Crippen LogP contribution in [0.1, 0.15) is 50.3 Å². The van der Waals surface area contributed by atoms with Gasteiger partial charge in [0.2, 0.25) is 11.8 Å². The van der Waals surface area contributed by atoms with Gasteiger partial charge in [0.05, 0.1) is 11.6 Å². The number of anilines is 1. The zero-order valence-electron chi connectivity index (χ0n) is 16.5. The minimum atomic E-state index is -0.150. The van der Waals surface area contributed by atoms with E-state index < -0.39 is 0 Å². The summed E-state index contributed by atoms with van der Waals surface area (Å²) in [5, 5.41) is 3.68. The van der Waals surface area contributed by atoms with Gasteiger partial charge in [-0.3, -0.25) is 9.59 Å². The molecule has 0 bridgehead atoms. The molecule has 5 nitrogen and oxygen atoms in total. The van der Waals surface area contributed by atoms with Gasteiger partial charge in [-0.25, -0.2) is 4.98 Å². The first-order valence-corrected chi connectivity index (χ1v) is 11.0. The summed E-state index contributed by atoms with van der Waals surface area (Å²) in [5.41, 5.74) is 2.02. The quantitative estimate of drug-likeness (QED) is 0.807. The topological polar surface area (TPSA) is 62.3 Å². The van der Waals surface area contributed by atoms with Gasteiger partial charge in [0.25, 0.3) is 0 Å². The Labute approximate surface area is 170 Å². The van der Waals surface area contributed by atoms with Crippen LogP contribution in [0.2, 0.25) is 0 Å². The lowest BCUT2D eigenvalue weighted by molar-refractivity contribution is -0.135. The van der Waals surface area contributed by atoms with Crippen LogP contribution in [0.5, 0.6) is 0 Å². The summed E-state index contributed by atoms with van der Waals surface area (Å²) in [5.74, 6) is 0.614. The summed E-state index contributed by atoms with van der Waals surface area (Å²) in [6.45, 7) is 5.61. The molecule has 1 atom stereocenters. The van der Waals surface area contributed by atoms with Gasteiger partial charge in [-0.05, 0) is 31.6 Å². The van der Waals surface area contributed by atoms with Gasteiger partial charge < -0.3 is 10.2 Å². The zero-order chi connectivity index (χ0) is 19.7. The van der Waals surface area contributed by atoms with Crippen molar-refractivity contribution >= 4 is 28.3 Å². The molecule has 0 radical (unpaired) electrons. The van der Waals surface area contributed by atoms with Crippen LogP contribution in [-0.4, -0.2) is 34.8 Å². The third kappa shape index (κ3) is 4.12. The van der Waals surface area contributed by atoms with E-state index >= 15 is 0 Å². The molecule has 1 N–H and O–H groups in total. The highest BCUT2D eigenvalue weighted by atomic mass is 32.1. The molecule has 2 aliphatic rings. The maximum absolute atomic E-state index is 12.9. The number of carbonyl (C=O) groups excluding carboxylic acids is 2. The highest BCUT2D eigenvalue weighted by molar-refractivity contribution is 7.16. The average Bonchev–Trinajstić information content (AvgIpc) is 3.48. The summed E-state index contributed by atoms with van der Waals surface area (Å²) in [6.07, 6.45) is 3.73. The Kier molecular flexibility index (Phi) is 5.49. The molecule has 1 aliphatic carbocycles. The van der Waals surface area contributed by atoms with Gasteiger partial charge in [0.1, 0.15) is 0 Å². The van der Waals surface area contributed by atoms with Crippen LogP contribution >= 0.6 is 11.3 Å². The Morgan fingerprint density at radius 2 is 1.89 bits per heavy atom. The number of rotatable bonds is 5. The largest absolute Gasteiger partial charge is 0.342 e. The number of likely N-dealkylation sites (tertiary alicyclic amines) is 1. The maximum Gasteiger partial charge on any atom is 0.231 e. The molecule has 148 valence electrons. The van der Waals surface area contributed by atoms with E-state index in [4.69, 9.17) is 4.98 Å². The molecule has 28 heavy (non-hydrogen) atoms. The van der Waals surface area contributed by atoms with Crippen LogP contribution in [0.15, 0.2) is 30.3 Å². The molecular weight excluding hydrogens is 370 g/mol. The number of carbonyl (C=O) groups is 2. The van der Waals surface area contributed by atoms with Crippen molar-refractivity contribution in [3.05, 3.63) is 35.2 Å². The molecule has 2 heterocycles. The molecule has 2 fully saturated rings. The fourth-order valence-corrected chi connectivity index (χ4v) is 4.76. The Bertz CT molecular complexity index is 858. The highest BCUT2D eigenvalue weighted by Gasteiger charge is 2.36. The van der Waals surface area contributed by atoms with Crippen molar-refractivity contribution in [1.82, 2.24) is 9.88 Å². The van der Waals surface area contributed by atoms with Crippen molar-refractivity contribution in [3.63, 3.8) is 0 Å².